The Hall–Kier alpha value is -2.67. The van der Waals surface area contributed by atoms with Gasteiger partial charge in [-0.25, -0.2) is 4.98 Å². The number of hydrogen-bond donors (Lipinski definition) is 0. The number of hydrogen-bond acceptors (Lipinski definition) is 4. The van der Waals surface area contributed by atoms with Crippen molar-refractivity contribution in [2.24, 2.45) is 0 Å². The van der Waals surface area contributed by atoms with E-state index in [1.165, 1.54) is 0 Å². The highest BCUT2D eigenvalue weighted by Crippen LogP contribution is 2.26. The third-order valence-electron chi connectivity index (χ3n) is 5.50. The van der Waals surface area contributed by atoms with Crippen molar-refractivity contribution < 1.29 is 14.3 Å². The van der Waals surface area contributed by atoms with Gasteiger partial charge in [0.05, 0.1) is 31.4 Å². The van der Waals surface area contributed by atoms with Gasteiger partial charge in [-0.2, -0.15) is 0 Å². The highest BCUT2D eigenvalue weighted by molar-refractivity contribution is 5.94. The van der Waals surface area contributed by atoms with Gasteiger partial charge in [0.15, 0.2) is 0 Å². The van der Waals surface area contributed by atoms with Crippen LogP contribution in [-0.2, 0) is 22.5 Å². The molecule has 0 unspecified atom stereocenters. The summed E-state index contributed by atoms with van der Waals surface area (Å²) in [5.41, 5.74) is 2.54. The number of rotatable bonds is 3. The SMILES string of the molecule is Cc1cccc(C(=O)N2CCn3cc(CC(=O)N4CCOCC4)nc3[C@H]2C)c1. The number of imidazole rings is 1. The van der Waals surface area contributed by atoms with E-state index < -0.39 is 0 Å². The second-order valence-electron chi connectivity index (χ2n) is 7.50. The zero-order valence-corrected chi connectivity index (χ0v) is 16.4. The molecule has 1 aromatic heterocycles. The van der Waals surface area contributed by atoms with Crippen LogP contribution in [0.15, 0.2) is 30.5 Å². The minimum absolute atomic E-state index is 0.0244. The number of fused-ring (bicyclic) bond motifs is 1. The minimum Gasteiger partial charge on any atom is -0.378 e. The van der Waals surface area contributed by atoms with Gasteiger partial charge in [0, 0.05) is 37.9 Å². The maximum absolute atomic E-state index is 13.0. The summed E-state index contributed by atoms with van der Waals surface area (Å²) in [5, 5.41) is 0. The molecule has 1 saturated heterocycles. The van der Waals surface area contributed by atoms with E-state index in [9.17, 15) is 9.59 Å². The van der Waals surface area contributed by atoms with Gasteiger partial charge in [0.2, 0.25) is 5.91 Å². The predicted octanol–water partition coefficient (Wildman–Crippen LogP) is 1.81. The number of aryl methyl sites for hydroxylation is 1. The number of carbonyl (C=O) groups is 2. The molecule has 0 spiro atoms. The van der Waals surface area contributed by atoms with E-state index in [0.29, 0.717) is 51.4 Å². The molecule has 0 radical (unpaired) electrons. The van der Waals surface area contributed by atoms with E-state index >= 15 is 0 Å². The molecule has 7 heteroatoms. The number of nitrogens with zero attached hydrogens (tertiary/aromatic N) is 4. The zero-order chi connectivity index (χ0) is 19.7. The molecule has 28 heavy (non-hydrogen) atoms. The van der Waals surface area contributed by atoms with E-state index in [1.54, 1.807) is 0 Å². The molecule has 2 amide bonds. The molecule has 2 aliphatic rings. The molecule has 2 aromatic rings. The lowest BCUT2D eigenvalue weighted by atomic mass is 10.1. The van der Waals surface area contributed by atoms with Crippen LogP contribution in [-0.4, -0.2) is 64.0 Å². The summed E-state index contributed by atoms with van der Waals surface area (Å²) in [5.74, 6) is 0.951. The average Bonchev–Trinajstić information content (AvgIpc) is 3.12. The molecule has 1 atom stereocenters. The number of ether oxygens (including phenoxy) is 1. The van der Waals surface area contributed by atoms with Gasteiger partial charge in [-0.3, -0.25) is 9.59 Å². The number of carbonyl (C=O) groups excluding carboxylic acids is 2. The molecule has 3 heterocycles. The van der Waals surface area contributed by atoms with Crippen molar-refractivity contribution in [1.29, 1.82) is 0 Å². The Balaban J connectivity index is 1.48. The first-order valence-corrected chi connectivity index (χ1v) is 9.82. The molecule has 7 nitrogen and oxygen atoms in total. The Morgan fingerprint density at radius 3 is 2.71 bits per heavy atom. The molecule has 148 valence electrons. The largest absolute Gasteiger partial charge is 0.378 e. The Morgan fingerprint density at radius 1 is 1.18 bits per heavy atom. The summed E-state index contributed by atoms with van der Waals surface area (Å²) < 4.78 is 7.38. The van der Waals surface area contributed by atoms with E-state index in [0.717, 1.165) is 17.1 Å². The maximum Gasteiger partial charge on any atom is 0.254 e. The summed E-state index contributed by atoms with van der Waals surface area (Å²) >= 11 is 0. The predicted molar refractivity (Wildman–Crippen MR) is 104 cm³/mol. The summed E-state index contributed by atoms with van der Waals surface area (Å²) in [7, 11) is 0. The number of benzene rings is 1. The first kappa shape index (κ1) is 18.7. The first-order chi connectivity index (χ1) is 13.5. The van der Waals surface area contributed by atoms with E-state index in [2.05, 4.69) is 4.57 Å². The minimum atomic E-state index is -0.131. The lowest BCUT2D eigenvalue weighted by molar-refractivity contribution is -0.134. The highest BCUT2D eigenvalue weighted by Gasteiger charge is 2.31. The quantitative estimate of drug-likeness (QED) is 0.812. The van der Waals surface area contributed by atoms with Gasteiger partial charge in [-0.1, -0.05) is 17.7 Å². The number of morpholine rings is 1. The topological polar surface area (TPSA) is 67.7 Å². The van der Waals surface area contributed by atoms with Crippen LogP contribution in [0.5, 0.6) is 0 Å². The lowest BCUT2D eigenvalue weighted by Gasteiger charge is -2.33. The average molecular weight is 382 g/mol. The van der Waals surface area contributed by atoms with E-state index in [4.69, 9.17) is 9.72 Å². The van der Waals surface area contributed by atoms with Crippen LogP contribution in [0.4, 0.5) is 0 Å². The molecule has 4 rings (SSSR count). The third kappa shape index (κ3) is 3.67. The molecule has 1 aromatic carbocycles. The van der Waals surface area contributed by atoms with Crippen molar-refractivity contribution in [3.8, 4) is 0 Å². The van der Waals surface area contributed by atoms with Gasteiger partial charge in [-0.15, -0.1) is 0 Å². The summed E-state index contributed by atoms with van der Waals surface area (Å²) in [6, 6.07) is 7.54. The van der Waals surface area contributed by atoms with Crippen molar-refractivity contribution in [2.75, 3.05) is 32.8 Å². The molecule has 0 saturated carbocycles. The van der Waals surface area contributed by atoms with E-state index in [1.807, 2.05) is 54.1 Å². The van der Waals surface area contributed by atoms with Crippen LogP contribution in [0.1, 0.15) is 40.4 Å². The van der Waals surface area contributed by atoms with Crippen molar-refractivity contribution >= 4 is 11.8 Å². The fraction of sp³-hybridized carbons (Fsp3) is 0.476. The normalized spacial score (nSPS) is 19.4. The number of aromatic nitrogens is 2. The molecule has 1 fully saturated rings. The van der Waals surface area contributed by atoms with Gasteiger partial charge in [0.1, 0.15) is 5.82 Å². The number of amides is 2. The monoisotopic (exact) mass is 382 g/mol. The smallest absolute Gasteiger partial charge is 0.254 e. The highest BCUT2D eigenvalue weighted by atomic mass is 16.5. The second kappa shape index (κ2) is 7.75. The Labute approximate surface area is 164 Å². The fourth-order valence-corrected chi connectivity index (χ4v) is 3.93. The van der Waals surface area contributed by atoms with Crippen LogP contribution >= 0.6 is 0 Å². The van der Waals surface area contributed by atoms with Gasteiger partial charge < -0.3 is 19.1 Å². The Kier molecular flexibility index (Phi) is 5.17. The zero-order valence-electron chi connectivity index (χ0n) is 16.4. The Morgan fingerprint density at radius 2 is 1.96 bits per heavy atom. The first-order valence-electron chi connectivity index (χ1n) is 9.82. The van der Waals surface area contributed by atoms with Crippen LogP contribution in [0.2, 0.25) is 0 Å². The van der Waals surface area contributed by atoms with Crippen molar-refractivity contribution in [2.45, 2.75) is 32.9 Å². The summed E-state index contributed by atoms with van der Waals surface area (Å²) in [4.78, 5) is 33.9. The standard InChI is InChI=1S/C21H26N4O3/c1-15-4-3-5-17(12-15)21(27)25-7-6-24-14-18(22-20(24)16(25)2)13-19(26)23-8-10-28-11-9-23/h3-5,12,14,16H,6-11,13H2,1-2H3/t16-/m1/s1. The van der Waals surface area contributed by atoms with Crippen LogP contribution in [0.25, 0.3) is 0 Å². The van der Waals surface area contributed by atoms with Crippen molar-refractivity contribution in [3.63, 3.8) is 0 Å². The van der Waals surface area contributed by atoms with Gasteiger partial charge in [0.25, 0.3) is 5.91 Å². The molecule has 2 aliphatic heterocycles. The Bertz CT molecular complexity index is 886. The summed E-state index contributed by atoms with van der Waals surface area (Å²) in [6.07, 6.45) is 2.25. The molecule has 0 aliphatic carbocycles. The van der Waals surface area contributed by atoms with Gasteiger partial charge >= 0.3 is 0 Å². The van der Waals surface area contributed by atoms with Crippen molar-refractivity contribution in [3.05, 3.63) is 53.1 Å². The van der Waals surface area contributed by atoms with Crippen LogP contribution < -0.4 is 0 Å². The van der Waals surface area contributed by atoms with Gasteiger partial charge in [-0.05, 0) is 26.0 Å². The second-order valence-corrected chi connectivity index (χ2v) is 7.50. The van der Waals surface area contributed by atoms with Crippen LogP contribution in [0, 0.1) is 6.92 Å². The third-order valence-corrected chi connectivity index (χ3v) is 5.50. The van der Waals surface area contributed by atoms with Crippen molar-refractivity contribution in [1.82, 2.24) is 19.4 Å². The fourth-order valence-electron chi connectivity index (χ4n) is 3.93. The molecular weight excluding hydrogens is 356 g/mol. The van der Waals surface area contributed by atoms with E-state index in [-0.39, 0.29) is 17.9 Å². The molecular formula is C21H26N4O3. The molecule has 0 bridgehead atoms. The van der Waals surface area contributed by atoms with Crippen LogP contribution in [0.3, 0.4) is 0 Å². The lowest BCUT2D eigenvalue weighted by Crippen LogP contribution is -2.41. The maximum atomic E-state index is 13.0. The molecule has 0 N–H and O–H groups in total. The summed E-state index contributed by atoms with van der Waals surface area (Å²) in [6.45, 7) is 7.78.